The number of amides is 1. The minimum atomic E-state index is -0.131. The maximum atomic E-state index is 11.5. The van der Waals surface area contributed by atoms with Crippen molar-refractivity contribution in [2.24, 2.45) is 5.73 Å². The highest BCUT2D eigenvalue weighted by Gasteiger charge is 2.42. The van der Waals surface area contributed by atoms with Gasteiger partial charge in [0.25, 0.3) is 5.91 Å². The number of carbonyl (C=O) groups excluding carboxylic acids is 1. The van der Waals surface area contributed by atoms with Gasteiger partial charge in [-0.25, -0.2) is 0 Å². The minimum Gasteiger partial charge on any atom is -0.345 e. The molecule has 13 heavy (non-hydrogen) atoms. The molecule has 0 radical (unpaired) electrons. The van der Waals surface area contributed by atoms with E-state index in [1.807, 2.05) is 0 Å². The van der Waals surface area contributed by atoms with Gasteiger partial charge in [0.1, 0.15) is 0 Å². The molecule has 0 aromatic carbocycles. The van der Waals surface area contributed by atoms with Crippen LogP contribution in [0.15, 0.2) is 12.4 Å². The van der Waals surface area contributed by atoms with Crippen LogP contribution in [0.5, 0.6) is 0 Å². The topological polar surface area (TPSA) is 83.8 Å². The third kappa shape index (κ3) is 1.55. The summed E-state index contributed by atoms with van der Waals surface area (Å²) in [6.45, 7) is 0.511. The summed E-state index contributed by atoms with van der Waals surface area (Å²) in [5, 5.41) is 9.19. The van der Waals surface area contributed by atoms with Crippen LogP contribution in [0.25, 0.3) is 0 Å². The number of H-pyrrole nitrogens is 1. The number of aromatic amines is 1. The van der Waals surface area contributed by atoms with E-state index in [-0.39, 0.29) is 11.4 Å². The van der Waals surface area contributed by atoms with Gasteiger partial charge in [-0.05, 0) is 12.8 Å². The zero-order chi connectivity index (χ0) is 9.31. The van der Waals surface area contributed by atoms with Gasteiger partial charge in [-0.15, -0.1) is 0 Å². The van der Waals surface area contributed by atoms with Gasteiger partial charge in [-0.3, -0.25) is 9.89 Å². The lowest BCUT2D eigenvalue weighted by atomic mass is 10.2. The summed E-state index contributed by atoms with van der Waals surface area (Å²) in [5.41, 5.74) is 5.96. The molecule has 2 rings (SSSR count). The first-order chi connectivity index (χ1) is 6.26. The summed E-state index contributed by atoms with van der Waals surface area (Å²) in [5.74, 6) is -0.100. The van der Waals surface area contributed by atoms with Crippen molar-refractivity contribution in [2.75, 3.05) is 6.54 Å². The Kier molecular flexibility index (Phi) is 1.81. The Hall–Kier alpha value is -1.36. The van der Waals surface area contributed by atoms with Crippen molar-refractivity contribution in [3.05, 3.63) is 18.0 Å². The number of nitrogens with zero attached hydrogens (tertiary/aromatic N) is 1. The molecular formula is C8H12N4O. The first-order valence-corrected chi connectivity index (χ1v) is 4.27. The zero-order valence-electron chi connectivity index (χ0n) is 7.21. The second kappa shape index (κ2) is 2.85. The first-order valence-electron chi connectivity index (χ1n) is 4.27. The van der Waals surface area contributed by atoms with Crippen LogP contribution in [0.1, 0.15) is 23.2 Å². The Morgan fingerprint density at radius 3 is 3.00 bits per heavy atom. The number of hydrogen-bond donors (Lipinski definition) is 3. The van der Waals surface area contributed by atoms with Crippen LogP contribution in [0.3, 0.4) is 0 Å². The van der Waals surface area contributed by atoms with Gasteiger partial charge in [0.2, 0.25) is 0 Å². The van der Waals surface area contributed by atoms with Crippen molar-refractivity contribution in [3.63, 3.8) is 0 Å². The lowest BCUT2D eigenvalue weighted by Gasteiger charge is -2.13. The van der Waals surface area contributed by atoms with Gasteiger partial charge in [-0.1, -0.05) is 0 Å². The predicted octanol–water partition coefficient (Wildman–Crippen LogP) is -0.369. The van der Waals surface area contributed by atoms with Gasteiger partial charge >= 0.3 is 0 Å². The third-order valence-corrected chi connectivity index (χ3v) is 2.38. The number of nitrogens with one attached hydrogen (secondary N) is 2. The summed E-state index contributed by atoms with van der Waals surface area (Å²) in [6.07, 6.45) is 5.03. The molecule has 1 aliphatic carbocycles. The maximum absolute atomic E-state index is 11.5. The highest BCUT2D eigenvalue weighted by Crippen LogP contribution is 2.34. The Morgan fingerprint density at radius 1 is 1.77 bits per heavy atom. The average Bonchev–Trinajstić information content (AvgIpc) is 2.69. The summed E-state index contributed by atoms with van der Waals surface area (Å²) in [4.78, 5) is 11.5. The van der Waals surface area contributed by atoms with Crippen LogP contribution in [-0.2, 0) is 0 Å². The molecular weight excluding hydrogens is 168 g/mol. The Bertz CT molecular complexity index is 302. The monoisotopic (exact) mass is 180 g/mol. The fraction of sp³-hybridized carbons (Fsp3) is 0.500. The van der Waals surface area contributed by atoms with Crippen molar-refractivity contribution in [3.8, 4) is 0 Å². The van der Waals surface area contributed by atoms with Crippen LogP contribution < -0.4 is 11.1 Å². The number of aromatic nitrogens is 2. The molecule has 1 aromatic heterocycles. The van der Waals surface area contributed by atoms with Gasteiger partial charge < -0.3 is 11.1 Å². The largest absolute Gasteiger partial charge is 0.345 e. The van der Waals surface area contributed by atoms with Gasteiger partial charge in [-0.2, -0.15) is 5.10 Å². The lowest BCUT2D eigenvalue weighted by molar-refractivity contribution is 0.0933. The smallest absolute Gasteiger partial charge is 0.254 e. The number of hydrogen-bond acceptors (Lipinski definition) is 3. The molecule has 0 aliphatic heterocycles. The molecule has 1 fully saturated rings. The third-order valence-electron chi connectivity index (χ3n) is 2.38. The van der Waals surface area contributed by atoms with Crippen molar-refractivity contribution < 1.29 is 4.79 Å². The SMILES string of the molecule is NCC1(NC(=O)c2cn[nH]c2)CC1. The standard InChI is InChI=1S/C8H12N4O/c9-5-8(1-2-8)12-7(13)6-3-10-11-4-6/h3-4H,1-2,5,9H2,(H,10,11)(H,12,13). The Labute approximate surface area is 75.7 Å². The normalized spacial score (nSPS) is 18.2. The van der Waals surface area contributed by atoms with Gasteiger partial charge in [0, 0.05) is 12.7 Å². The second-order valence-corrected chi connectivity index (χ2v) is 3.43. The van der Waals surface area contributed by atoms with Crippen molar-refractivity contribution >= 4 is 5.91 Å². The van der Waals surface area contributed by atoms with Crippen LogP contribution in [0.2, 0.25) is 0 Å². The number of carbonyl (C=O) groups is 1. The molecule has 4 N–H and O–H groups in total. The van der Waals surface area contributed by atoms with E-state index in [1.165, 1.54) is 6.20 Å². The first kappa shape index (κ1) is 8.25. The molecule has 0 atom stereocenters. The van der Waals surface area contributed by atoms with Crippen LogP contribution >= 0.6 is 0 Å². The van der Waals surface area contributed by atoms with Crippen LogP contribution in [0, 0.1) is 0 Å². The van der Waals surface area contributed by atoms with Crippen LogP contribution in [0.4, 0.5) is 0 Å². The molecule has 0 bridgehead atoms. The quantitative estimate of drug-likeness (QED) is 0.593. The molecule has 1 aromatic rings. The molecule has 1 heterocycles. The van der Waals surface area contributed by atoms with E-state index < -0.39 is 0 Å². The van der Waals surface area contributed by atoms with E-state index in [2.05, 4.69) is 15.5 Å². The predicted molar refractivity (Wildman–Crippen MR) is 47.1 cm³/mol. The van der Waals surface area contributed by atoms with Gasteiger partial charge in [0.05, 0.1) is 17.3 Å². The second-order valence-electron chi connectivity index (χ2n) is 3.43. The average molecular weight is 180 g/mol. The molecule has 1 amide bonds. The molecule has 70 valence electrons. The summed E-state index contributed by atoms with van der Waals surface area (Å²) < 4.78 is 0. The highest BCUT2D eigenvalue weighted by atomic mass is 16.1. The zero-order valence-corrected chi connectivity index (χ0v) is 7.21. The van der Waals surface area contributed by atoms with E-state index in [1.54, 1.807) is 6.20 Å². The molecule has 5 nitrogen and oxygen atoms in total. The molecule has 0 saturated heterocycles. The Morgan fingerprint density at radius 2 is 2.54 bits per heavy atom. The highest BCUT2D eigenvalue weighted by molar-refractivity contribution is 5.94. The summed E-state index contributed by atoms with van der Waals surface area (Å²) in [6, 6.07) is 0. The van der Waals surface area contributed by atoms with E-state index in [4.69, 9.17) is 5.73 Å². The van der Waals surface area contributed by atoms with E-state index in [9.17, 15) is 4.79 Å². The van der Waals surface area contributed by atoms with Crippen LogP contribution in [-0.4, -0.2) is 28.2 Å². The van der Waals surface area contributed by atoms with E-state index in [0.717, 1.165) is 12.8 Å². The fourth-order valence-electron chi connectivity index (χ4n) is 1.22. The molecule has 1 saturated carbocycles. The summed E-state index contributed by atoms with van der Waals surface area (Å²) in [7, 11) is 0. The Balaban J connectivity index is 2.00. The maximum Gasteiger partial charge on any atom is 0.254 e. The van der Waals surface area contributed by atoms with Gasteiger partial charge in [0.15, 0.2) is 0 Å². The number of rotatable bonds is 3. The molecule has 1 aliphatic rings. The van der Waals surface area contributed by atoms with Crippen molar-refractivity contribution in [2.45, 2.75) is 18.4 Å². The number of nitrogens with two attached hydrogens (primary N) is 1. The molecule has 0 unspecified atom stereocenters. The summed E-state index contributed by atoms with van der Waals surface area (Å²) >= 11 is 0. The minimum absolute atomic E-state index is 0.100. The van der Waals surface area contributed by atoms with Crippen molar-refractivity contribution in [1.82, 2.24) is 15.5 Å². The molecule has 0 spiro atoms. The fourth-order valence-corrected chi connectivity index (χ4v) is 1.22. The lowest BCUT2D eigenvalue weighted by Crippen LogP contribution is -2.42. The van der Waals surface area contributed by atoms with Crippen molar-refractivity contribution in [1.29, 1.82) is 0 Å². The van der Waals surface area contributed by atoms with E-state index in [0.29, 0.717) is 12.1 Å². The molecule has 5 heteroatoms. The van der Waals surface area contributed by atoms with E-state index >= 15 is 0 Å².